The van der Waals surface area contributed by atoms with E-state index in [0.29, 0.717) is 0 Å². The average molecular weight is 355 g/mol. The van der Waals surface area contributed by atoms with Gasteiger partial charge in [-0.05, 0) is 34.2 Å². The first-order chi connectivity index (χ1) is 11.9. The van der Waals surface area contributed by atoms with Gasteiger partial charge < -0.3 is 10.2 Å². The van der Waals surface area contributed by atoms with Gasteiger partial charge in [0.2, 0.25) is 0 Å². The predicted octanol–water partition coefficient (Wildman–Crippen LogP) is 4.89. The maximum atomic E-state index is 6.49. The molecule has 0 saturated heterocycles. The molecule has 0 aliphatic rings. The second-order valence-corrected chi connectivity index (χ2v) is 10.7. The first-order valence-corrected chi connectivity index (χ1v) is 10.7. The maximum Gasteiger partial charge on any atom is 0.252 e. The Bertz CT molecular complexity index is 636. The number of hydrogen-bond acceptors (Lipinski definition) is 2. The van der Waals surface area contributed by atoms with E-state index in [1.54, 1.807) is 0 Å². The lowest BCUT2D eigenvalue weighted by Gasteiger charge is -2.30. The van der Waals surface area contributed by atoms with Gasteiger partial charge in [-0.2, -0.15) is 0 Å². The molecule has 25 heavy (non-hydrogen) atoms. The van der Waals surface area contributed by atoms with E-state index in [9.17, 15) is 0 Å². The normalized spacial score (nSPS) is 13.2. The summed E-state index contributed by atoms with van der Waals surface area (Å²) in [7, 11) is -1.18. The minimum Gasteiger partial charge on any atom is -0.411 e. The van der Waals surface area contributed by atoms with Crippen molar-refractivity contribution < 1.29 is 4.43 Å². The highest BCUT2D eigenvalue weighted by Gasteiger charge is 2.33. The minimum atomic E-state index is -1.18. The van der Waals surface area contributed by atoms with Crippen molar-refractivity contribution in [2.75, 3.05) is 6.61 Å². The van der Waals surface area contributed by atoms with Crippen molar-refractivity contribution in [2.24, 2.45) is 5.73 Å². The van der Waals surface area contributed by atoms with E-state index in [0.717, 1.165) is 25.9 Å². The van der Waals surface area contributed by atoms with Crippen molar-refractivity contribution in [1.29, 1.82) is 0 Å². The van der Waals surface area contributed by atoms with Crippen LogP contribution in [0.1, 0.15) is 47.0 Å². The fourth-order valence-corrected chi connectivity index (χ4v) is 5.51. The van der Waals surface area contributed by atoms with Gasteiger partial charge in [0.15, 0.2) is 0 Å². The highest BCUT2D eigenvalue weighted by Crippen LogP contribution is 2.30. The van der Waals surface area contributed by atoms with E-state index in [1.165, 1.54) is 16.3 Å². The number of rotatable bonds is 8. The average Bonchev–Trinajstić information content (AvgIpc) is 2.59. The van der Waals surface area contributed by atoms with Gasteiger partial charge in [-0.1, -0.05) is 88.7 Å². The summed E-state index contributed by atoms with van der Waals surface area (Å²) in [6.07, 6.45) is 3.14. The molecule has 2 rings (SSSR count). The van der Waals surface area contributed by atoms with Crippen LogP contribution in [0.15, 0.2) is 54.6 Å². The van der Waals surface area contributed by atoms with Crippen molar-refractivity contribution in [3.05, 3.63) is 54.6 Å². The third kappa shape index (κ3) is 5.81. The molecule has 0 spiro atoms. The zero-order chi connectivity index (χ0) is 18.3. The molecule has 0 heterocycles. The summed E-state index contributed by atoms with van der Waals surface area (Å²) < 4.78 is 6.49. The van der Waals surface area contributed by atoms with Crippen LogP contribution in [0.2, 0.25) is 5.04 Å². The summed E-state index contributed by atoms with van der Waals surface area (Å²) in [5.74, 6) is 0. The number of nitrogens with two attached hydrogens (primary N) is 1. The third-order valence-electron chi connectivity index (χ3n) is 4.33. The van der Waals surface area contributed by atoms with E-state index in [1.807, 2.05) is 0 Å². The fraction of sp³-hybridized carbons (Fsp3) is 0.455. The van der Waals surface area contributed by atoms with Gasteiger partial charge in [0.1, 0.15) is 0 Å². The molecule has 0 aliphatic heterocycles. The maximum absolute atomic E-state index is 6.49. The van der Waals surface area contributed by atoms with Gasteiger partial charge >= 0.3 is 0 Å². The lowest BCUT2D eigenvalue weighted by Crippen LogP contribution is -2.43. The van der Waals surface area contributed by atoms with Crippen LogP contribution in [0, 0.1) is 0 Å². The van der Waals surface area contributed by atoms with Crippen molar-refractivity contribution in [2.45, 2.75) is 58.0 Å². The Morgan fingerprint density at radius 2 is 1.60 bits per heavy atom. The van der Waals surface area contributed by atoms with E-state index in [2.05, 4.69) is 82.3 Å². The molecule has 135 valence electrons. The second kappa shape index (κ2) is 9.32. The molecular formula is C22H32NOSi. The Balaban J connectivity index is 2.24. The summed E-state index contributed by atoms with van der Waals surface area (Å²) in [5, 5.41) is 1.47. The Kier molecular flexibility index (Phi) is 7.42. The van der Waals surface area contributed by atoms with Crippen LogP contribution in [0.3, 0.4) is 0 Å². The second-order valence-electron chi connectivity index (χ2n) is 7.68. The van der Waals surface area contributed by atoms with Crippen LogP contribution in [-0.4, -0.2) is 21.7 Å². The van der Waals surface area contributed by atoms with Gasteiger partial charge in [-0.25, -0.2) is 0 Å². The predicted molar refractivity (Wildman–Crippen MR) is 110 cm³/mol. The molecule has 2 nitrogen and oxygen atoms in total. The van der Waals surface area contributed by atoms with Gasteiger partial charge in [-0.15, -0.1) is 0 Å². The molecule has 3 heteroatoms. The molecule has 2 N–H and O–H groups in total. The van der Waals surface area contributed by atoms with Crippen LogP contribution >= 0.6 is 0 Å². The molecule has 0 fully saturated rings. The molecule has 0 amide bonds. The molecule has 0 aliphatic carbocycles. The summed E-state index contributed by atoms with van der Waals surface area (Å²) in [6.45, 7) is 9.79. The van der Waals surface area contributed by atoms with Gasteiger partial charge in [0, 0.05) is 12.6 Å². The van der Waals surface area contributed by atoms with Crippen molar-refractivity contribution in [3.63, 3.8) is 0 Å². The van der Waals surface area contributed by atoms with Gasteiger partial charge in [0.25, 0.3) is 9.04 Å². The van der Waals surface area contributed by atoms with Crippen molar-refractivity contribution in [1.82, 2.24) is 0 Å². The lowest BCUT2D eigenvalue weighted by molar-refractivity contribution is 0.288. The summed E-state index contributed by atoms with van der Waals surface area (Å²) in [5.41, 5.74) is 8.73. The standard InChI is InChI=1S/C22H32NOSi/c1-5-11-19(23)16-17-24-25(22(2,3)4)21-15-10-9-14-20(21)18-12-7-6-8-13-18/h6-10,12-15,19H,5,11,16-17,23H2,1-4H3/t19-/m0/s1. The number of benzene rings is 2. The van der Waals surface area contributed by atoms with Crippen LogP contribution in [0.4, 0.5) is 0 Å². The zero-order valence-electron chi connectivity index (χ0n) is 16.1. The summed E-state index contributed by atoms with van der Waals surface area (Å²) in [6, 6.07) is 19.6. The highest BCUT2D eigenvalue weighted by molar-refractivity contribution is 6.71. The molecule has 0 unspecified atom stereocenters. The lowest BCUT2D eigenvalue weighted by atomic mass is 10.1. The molecular weight excluding hydrogens is 322 g/mol. The highest BCUT2D eigenvalue weighted by atomic mass is 28.3. The summed E-state index contributed by atoms with van der Waals surface area (Å²) in [4.78, 5) is 0. The molecule has 0 saturated carbocycles. The number of hydrogen-bond donors (Lipinski definition) is 1. The third-order valence-corrected chi connectivity index (χ3v) is 7.11. The molecule has 2 aromatic carbocycles. The molecule has 0 aromatic heterocycles. The van der Waals surface area contributed by atoms with Crippen LogP contribution in [-0.2, 0) is 4.43 Å². The first kappa shape index (κ1) is 19.9. The zero-order valence-corrected chi connectivity index (χ0v) is 17.1. The Morgan fingerprint density at radius 1 is 0.960 bits per heavy atom. The molecule has 1 radical (unpaired) electrons. The largest absolute Gasteiger partial charge is 0.411 e. The molecule has 0 bridgehead atoms. The monoisotopic (exact) mass is 354 g/mol. The Hall–Kier alpha value is -1.42. The topological polar surface area (TPSA) is 35.2 Å². The quantitative estimate of drug-likeness (QED) is 0.685. The smallest absolute Gasteiger partial charge is 0.252 e. The van der Waals surface area contributed by atoms with Crippen molar-refractivity contribution in [3.8, 4) is 11.1 Å². The van der Waals surface area contributed by atoms with Crippen LogP contribution in [0.25, 0.3) is 11.1 Å². The van der Waals surface area contributed by atoms with Gasteiger partial charge in [0.05, 0.1) is 0 Å². The van der Waals surface area contributed by atoms with Crippen molar-refractivity contribution >= 4 is 14.2 Å². The SMILES string of the molecule is CCC[C@H](N)CCO[Si](c1ccccc1-c1ccccc1)C(C)(C)C. The van der Waals surface area contributed by atoms with E-state index < -0.39 is 9.04 Å². The summed E-state index contributed by atoms with van der Waals surface area (Å²) >= 11 is 0. The van der Waals surface area contributed by atoms with Gasteiger partial charge in [-0.3, -0.25) is 0 Å². The molecule has 1 atom stereocenters. The van der Waals surface area contributed by atoms with Crippen LogP contribution < -0.4 is 10.9 Å². The van der Waals surface area contributed by atoms with E-state index in [-0.39, 0.29) is 11.1 Å². The Morgan fingerprint density at radius 3 is 2.24 bits per heavy atom. The minimum absolute atomic E-state index is 0.115. The fourth-order valence-electron chi connectivity index (χ4n) is 3.08. The first-order valence-electron chi connectivity index (χ1n) is 9.34. The molecule has 2 aromatic rings. The van der Waals surface area contributed by atoms with E-state index >= 15 is 0 Å². The Labute approximate surface area is 155 Å². The van der Waals surface area contributed by atoms with Crippen LogP contribution in [0.5, 0.6) is 0 Å². The van der Waals surface area contributed by atoms with E-state index in [4.69, 9.17) is 10.2 Å².